The second-order valence-electron chi connectivity index (χ2n) is 4.44. The number of amides is 1. The molecule has 90 valence electrons. The minimum atomic E-state index is -0.415. The molecule has 16 heavy (non-hydrogen) atoms. The summed E-state index contributed by atoms with van der Waals surface area (Å²) >= 11 is 1.72. The van der Waals surface area contributed by atoms with Crippen molar-refractivity contribution in [3.05, 3.63) is 21.4 Å². The first-order valence-electron chi connectivity index (χ1n) is 5.51. The molecule has 0 aliphatic heterocycles. The van der Waals surface area contributed by atoms with Gasteiger partial charge in [-0.25, -0.2) is 0 Å². The Hall–Kier alpha value is -0.870. The molecular formula is C12H20N2OS. The molecule has 0 bridgehead atoms. The Kier molecular flexibility index (Phi) is 4.50. The zero-order valence-electron chi connectivity index (χ0n) is 10.3. The van der Waals surface area contributed by atoms with Gasteiger partial charge in [-0.3, -0.25) is 4.79 Å². The van der Waals surface area contributed by atoms with E-state index >= 15 is 0 Å². The molecule has 1 heterocycles. The average molecular weight is 240 g/mol. The molecule has 0 spiro atoms. The number of nitrogens with one attached hydrogen (secondary N) is 1. The summed E-state index contributed by atoms with van der Waals surface area (Å²) in [7, 11) is 0. The van der Waals surface area contributed by atoms with Crippen LogP contribution in [0.25, 0.3) is 0 Å². The van der Waals surface area contributed by atoms with Gasteiger partial charge in [0.15, 0.2) is 0 Å². The Bertz CT molecular complexity index is 352. The molecule has 0 unspecified atom stereocenters. The topological polar surface area (TPSA) is 55.1 Å². The molecule has 3 nitrogen and oxygen atoms in total. The molecule has 3 N–H and O–H groups in total. The molecule has 1 aromatic rings. The smallest absolute Gasteiger partial charge is 0.237 e. The second kappa shape index (κ2) is 5.46. The molecule has 0 saturated heterocycles. The molecule has 1 rings (SSSR count). The third-order valence-electron chi connectivity index (χ3n) is 2.67. The largest absolute Gasteiger partial charge is 0.350 e. The highest BCUT2D eigenvalue weighted by Gasteiger charge is 2.16. The van der Waals surface area contributed by atoms with Crippen molar-refractivity contribution >= 4 is 17.2 Å². The van der Waals surface area contributed by atoms with E-state index in [-0.39, 0.29) is 11.8 Å². The summed E-state index contributed by atoms with van der Waals surface area (Å²) in [5, 5.41) is 2.87. The molecule has 0 aromatic carbocycles. The summed E-state index contributed by atoms with van der Waals surface area (Å²) in [5.74, 6) is 0.102. The van der Waals surface area contributed by atoms with Gasteiger partial charge in [-0.05, 0) is 31.4 Å². The van der Waals surface area contributed by atoms with Crippen LogP contribution in [-0.4, -0.2) is 11.9 Å². The maximum absolute atomic E-state index is 11.6. The zero-order chi connectivity index (χ0) is 12.3. The Morgan fingerprint density at radius 3 is 2.56 bits per heavy atom. The van der Waals surface area contributed by atoms with E-state index in [1.807, 2.05) is 13.8 Å². The van der Waals surface area contributed by atoms with Crippen molar-refractivity contribution in [2.75, 3.05) is 0 Å². The van der Waals surface area contributed by atoms with Crippen LogP contribution in [0.3, 0.4) is 0 Å². The summed E-state index contributed by atoms with van der Waals surface area (Å²) in [6.45, 7) is 8.65. The number of hydrogen-bond donors (Lipinski definition) is 2. The zero-order valence-corrected chi connectivity index (χ0v) is 11.1. The van der Waals surface area contributed by atoms with Crippen molar-refractivity contribution in [2.24, 2.45) is 11.7 Å². The lowest BCUT2D eigenvalue weighted by Crippen LogP contribution is -2.43. The maximum Gasteiger partial charge on any atom is 0.237 e. The van der Waals surface area contributed by atoms with Gasteiger partial charge in [0.1, 0.15) is 0 Å². The minimum Gasteiger partial charge on any atom is -0.350 e. The fourth-order valence-electron chi connectivity index (χ4n) is 1.33. The molecule has 1 atom stereocenters. The second-order valence-corrected chi connectivity index (χ2v) is 5.78. The van der Waals surface area contributed by atoms with Gasteiger partial charge < -0.3 is 11.1 Å². The Morgan fingerprint density at radius 2 is 2.12 bits per heavy atom. The molecule has 0 aliphatic carbocycles. The monoisotopic (exact) mass is 240 g/mol. The summed E-state index contributed by atoms with van der Waals surface area (Å²) in [6.07, 6.45) is 0. The summed E-state index contributed by atoms with van der Waals surface area (Å²) in [4.78, 5) is 14.1. The molecule has 4 heteroatoms. The van der Waals surface area contributed by atoms with Crippen molar-refractivity contribution in [3.8, 4) is 0 Å². The van der Waals surface area contributed by atoms with E-state index in [4.69, 9.17) is 5.73 Å². The predicted molar refractivity (Wildman–Crippen MR) is 68.5 cm³/mol. The van der Waals surface area contributed by atoms with Gasteiger partial charge in [0.05, 0.1) is 12.6 Å². The highest BCUT2D eigenvalue weighted by molar-refractivity contribution is 7.12. The number of nitrogens with two attached hydrogens (primary N) is 1. The van der Waals surface area contributed by atoms with Crippen LogP contribution in [0.5, 0.6) is 0 Å². The van der Waals surface area contributed by atoms with Crippen molar-refractivity contribution in [1.29, 1.82) is 0 Å². The van der Waals surface area contributed by atoms with Crippen molar-refractivity contribution in [2.45, 2.75) is 40.3 Å². The first kappa shape index (κ1) is 13.2. The number of carbonyl (C=O) groups is 1. The van der Waals surface area contributed by atoms with Crippen molar-refractivity contribution in [1.82, 2.24) is 5.32 Å². The number of carbonyl (C=O) groups excluding carboxylic acids is 1. The van der Waals surface area contributed by atoms with Gasteiger partial charge in [-0.15, -0.1) is 11.3 Å². The summed E-state index contributed by atoms with van der Waals surface area (Å²) in [5.41, 5.74) is 7.03. The van der Waals surface area contributed by atoms with Crippen LogP contribution in [0.15, 0.2) is 6.07 Å². The number of rotatable bonds is 4. The quantitative estimate of drug-likeness (QED) is 0.845. The standard InChI is InChI=1S/C12H20N2OS/c1-7(2)11(13)12(15)14-6-10-5-8(3)9(4)16-10/h5,7,11H,6,13H2,1-4H3,(H,14,15)/t11-/m0/s1. The van der Waals surface area contributed by atoms with E-state index < -0.39 is 6.04 Å². The van der Waals surface area contributed by atoms with Crippen LogP contribution in [0, 0.1) is 19.8 Å². The molecular weight excluding hydrogens is 220 g/mol. The Labute approximate surface area is 101 Å². The van der Waals surface area contributed by atoms with Crippen LogP contribution in [0.4, 0.5) is 0 Å². The minimum absolute atomic E-state index is 0.0706. The predicted octanol–water partition coefficient (Wildman–Crippen LogP) is 1.96. The van der Waals surface area contributed by atoms with Gasteiger partial charge >= 0.3 is 0 Å². The van der Waals surface area contributed by atoms with Crippen LogP contribution in [0.2, 0.25) is 0 Å². The van der Waals surface area contributed by atoms with Gasteiger partial charge in [-0.1, -0.05) is 13.8 Å². The van der Waals surface area contributed by atoms with Crippen LogP contribution in [0.1, 0.15) is 29.2 Å². The average Bonchev–Trinajstić information content (AvgIpc) is 2.53. The number of thiophene rings is 1. The summed E-state index contributed by atoms with van der Waals surface area (Å²) in [6, 6.07) is 1.70. The van der Waals surface area contributed by atoms with Crippen LogP contribution in [-0.2, 0) is 11.3 Å². The van der Waals surface area contributed by atoms with Gasteiger partial charge in [0.25, 0.3) is 0 Å². The highest BCUT2D eigenvalue weighted by atomic mass is 32.1. The lowest BCUT2D eigenvalue weighted by atomic mass is 10.1. The van der Waals surface area contributed by atoms with Gasteiger partial charge in [0, 0.05) is 9.75 Å². The molecule has 0 fully saturated rings. The summed E-state index contributed by atoms with van der Waals surface area (Å²) < 4.78 is 0. The van der Waals surface area contributed by atoms with Crippen molar-refractivity contribution in [3.63, 3.8) is 0 Å². The van der Waals surface area contributed by atoms with E-state index in [0.717, 1.165) is 0 Å². The van der Waals surface area contributed by atoms with Crippen LogP contribution < -0.4 is 11.1 Å². The Morgan fingerprint density at radius 1 is 1.50 bits per heavy atom. The SMILES string of the molecule is Cc1cc(CNC(=O)[C@@H](N)C(C)C)sc1C. The van der Waals surface area contributed by atoms with Gasteiger partial charge in [-0.2, -0.15) is 0 Å². The number of aryl methyl sites for hydroxylation is 2. The molecule has 0 radical (unpaired) electrons. The lowest BCUT2D eigenvalue weighted by Gasteiger charge is -2.14. The van der Waals surface area contributed by atoms with Crippen LogP contribution >= 0.6 is 11.3 Å². The first-order chi connectivity index (χ1) is 7.41. The fraction of sp³-hybridized carbons (Fsp3) is 0.583. The van der Waals surface area contributed by atoms with Gasteiger partial charge in [0.2, 0.25) is 5.91 Å². The first-order valence-corrected chi connectivity index (χ1v) is 6.32. The molecule has 1 aromatic heterocycles. The lowest BCUT2D eigenvalue weighted by molar-refractivity contribution is -0.123. The van der Waals surface area contributed by atoms with E-state index in [1.54, 1.807) is 11.3 Å². The van der Waals surface area contributed by atoms with E-state index in [2.05, 4.69) is 25.2 Å². The molecule has 0 saturated carbocycles. The fourth-order valence-corrected chi connectivity index (χ4v) is 2.32. The maximum atomic E-state index is 11.6. The number of hydrogen-bond acceptors (Lipinski definition) is 3. The van der Waals surface area contributed by atoms with E-state index in [0.29, 0.717) is 6.54 Å². The normalized spacial score (nSPS) is 12.9. The third kappa shape index (κ3) is 3.32. The van der Waals surface area contributed by atoms with E-state index in [1.165, 1.54) is 15.3 Å². The third-order valence-corrected chi connectivity index (χ3v) is 3.83. The molecule has 0 aliphatic rings. The van der Waals surface area contributed by atoms with E-state index in [9.17, 15) is 4.79 Å². The van der Waals surface area contributed by atoms with Crippen molar-refractivity contribution < 1.29 is 4.79 Å². The molecule has 1 amide bonds. The Balaban J connectivity index is 2.49. The highest BCUT2D eigenvalue weighted by Crippen LogP contribution is 2.20.